The van der Waals surface area contributed by atoms with Crippen molar-refractivity contribution in [3.63, 3.8) is 0 Å². The molecule has 156 valence electrons. The Morgan fingerprint density at radius 1 is 1.10 bits per heavy atom. The number of hydrogen-bond acceptors (Lipinski definition) is 4. The number of fused-ring (bicyclic) bond motifs is 3. The molecule has 2 aliphatic rings. The summed E-state index contributed by atoms with van der Waals surface area (Å²) < 4.78 is 3.96. The summed E-state index contributed by atoms with van der Waals surface area (Å²) in [4.78, 5) is 19.4. The zero-order chi connectivity index (χ0) is 20.8. The lowest BCUT2D eigenvalue weighted by molar-refractivity contribution is -0.130. The van der Waals surface area contributed by atoms with Crippen molar-refractivity contribution in [1.82, 2.24) is 29.4 Å². The van der Waals surface area contributed by atoms with E-state index in [1.165, 1.54) is 5.69 Å². The van der Waals surface area contributed by atoms with Gasteiger partial charge in [-0.15, -0.1) is 0 Å². The van der Waals surface area contributed by atoms with Gasteiger partial charge < -0.3 is 4.90 Å². The van der Waals surface area contributed by atoms with E-state index in [4.69, 9.17) is 5.10 Å². The van der Waals surface area contributed by atoms with Crippen LogP contribution >= 0.6 is 0 Å². The van der Waals surface area contributed by atoms with Crippen LogP contribution in [-0.2, 0) is 23.3 Å². The van der Waals surface area contributed by atoms with Gasteiger partial charge in [-0.05, 0) is 37.1 Å². The molecule has 4 aromatic rings. The van der Waals surface area contributed by atoms with Crippen molar-refractivity contribution in [1.29, 1.82) is 0 Å². The molecule has 1 spiro atoms. The summed E-state index contributed by atoms with van der Waals surface area (Å²) in [5, 5.41) is 10.2. The molecule has 1 amide bonds. The molecule has 1 aromatic carbocycles. The predicted molar refractivity (Wildman–Crippen MR) is 117 cm³/mol. The van der Waals surface area contributed by atoms with Crippen LogP contribution in [-0.4, -0.2) is 48.4 Å². The first-order valence-electron chi connectivity index (χ1n) is 10.9. The topological polar surface area (TPSA) is 68.8 Å². The molecule has 1 fully saturated rings. The quantitative estimate of drug-likeness (QED) is 0.516. The number of hydrogen-bond donors (Lipinski definition) is 0. The third-order valence-corrected chi connectivity index (χ3v) is 6.83. The number of aromatic nitrogens is 5. The Morgan fingerprint density at radius 2 is 2.00 bits per heavy atom. The monoisotopic (exact) mass is 412 g/mol. The van der Waals surface area contributed by atoms with Crippen LogP contribution in [0.5, 0.6) is 0 Å². The summed E-state index contributed by atoms with van der Waals surface area (Å²) in [6, 6.07) is 14.4. The number of amides is 1. The van der Waals surface area contributed by atoms with Crippen molar-refractivity contribution in [3.8, 4) is 11.3 Å². The number of likely N-dealkylation sites (tertiary alicyclic amines) is 1. The molecule has 5 heterocycles. The Hall–Kier alpha value is -3.48. The zero-order valence-corrected chi connectivity index (χ0v) is 17.3. The molecule has 6 rings (SSSR count). The Labute approximate surface area is 180 Å². The molecule has 2 aliphatic heterocycles. The maximum absolute atomic E-state index is 12.8. The molecule has 0 radical (unpaired) electrons. The predicted octanol–water partition coefficient (Wildman–Crippen LogP) is 3.26. The van der Waals surface area contributed by atoms with Gasteiger partial charge >= 0.3 is 0 Å². The van der Waals surface area contributed by atoms with Gasteiger partial charge in [-0.1, -0.05) is 18.2 Å². The number of pyridine rings is 1. The minimum absolute atomic E-state index is 0.0247. The Bertz CT molecular complexity index is 1260. The van der Waals surface area contributed by atoms with Gasteiger partial charge in [0.15, 0.2) is 0 Å². The summed E-state index contributed by atoms with van der Waals surface area (Å²) in [6.07, 6.45) is 8.10. The number of nitrogens with zero attached hydrogens (tertiary/aromatic N) is 6. The largest absolute Gasteiger partial charge is 0.342 e. The number of carbonyl (C=O) groups is 1. The standard InChI is InChI=1S/C24H24N6O/c31-23(6-11-29-10-3-9-26-29)28-12-7-24(17-28)8-13-30-22(24)15-21(27-30)19-14-18-4-1-2-5-20(18)25-16-19/h1-5,9-10,14-16H,6-8,11-13,17H2. The van der Waals surface area contributed by atoms with Crippen LogP contribution in [0, 0.1) is 0 Å². The van der Waals surface area contributed by atoms with Crippen molar-refractivity contribution in [2.75, 3.05) is 13.1 Å². The summed E-state index contributed by atoms with van der Waals surface area (Å²) in [7, 11) is 0. The van der Waals surface area contributed by atoms with E-state index in [1.54, 1.807) is 6.20 Å². The second-order valence-electron chi connectivity index (χ2n) is 8.67. The highest BCUT2D eigenvalue weighted by molar-refractivity contribution is 5.83. The lowest BCUT2D eigenvalue weighted by Crippen LogP contribution is -2.33. The van der Waals surface area contributed by atoms with E-state index in [0.29, 0.717) is 13.0 Å². The van der Waals surface area contributed by atoms with E-state index in [9.17, 15) is 4.79 Å². The number of benzene rings is 1. The molecule has 1 atom stereocenters. The number of aryl methyl sites for hydroxylation is 2. The summed E-state index contributed by atoms with van der Waals surface area (Å²) >= 11 is 0. The van der Waals surface area contributed by atoms with Crippen LogP contribution in [0.3, 0.4) is 0 Å². The van der Waals surface area contributed by atoms with E-state index in [1.807, 2.05) is 46.2 Å². The highest BCUT2D eigenvalue weighted by Gasteiger charge is 2.46. The fourth-order valence-electron chi connectivity index (χ4n) is 5.11. The summed E-state index contributed by atoms with van der Waals surface area (Å²) in [5.41, 5.74) is 4.29. The van der Waals surface area contributed by atoms with Crippen molar-refractivity contribution in [2.45, 2.75) is 37.8 Å². The molecular weight excluding hydrogens is 388 g/mol. The lowest BCUT2D eigenvalue weighted by Gasteiger charge is -2.23. The van der Waals surface area contributed by atoms with Gasteiger partial charge in [0.05, 0.1) is 11.2 Å². The molecule has 1 unspecified atom stereocenters. The normalized spacial score (nSPS) is 20.1. The third kappa shape index (κ3) is 3.12. The van der Waals surface area contributed by atoms with Crippen LogP contribution in [0.2, 0.25) is 0 Å². The molecule has 0 aliphatic carbocycles. The van der Waals surface area contributed by atoms with Crippen molar-refractivity contribution in [2.24, 2.45) is 0 Å². The zero-order valence-electron chi connectivity index (χ0n) is 17.3. The van der Waals surface area contributed by atoms with Gasteiger partial charge in [0.2, 0.25) is 5.91 Å². The lowest BCUT2D eigenvalue weighted by atomic mass is 9.82. The first kappa shape index (κ1) is 18.3. The fraction of sp³-hybridized carbons (Fsp3) is 0.333. The maximum atomic E-state index is 12.8. The SMILES string of the molecule is O=C(CCn1cccn1)N1CCC2(CCn3nc(-c4cnc5ccccc5c4)cc32)C1. The Morgan fingerprint density at radius 3 is 2.90 bits per heavy atom. The molecule has 3 aromatic heterocycles. The Kier molecular flexibility index (Phi) is 4.16. The van der Waals surface area contributed by atoms with Crippen molar-refractivity contribution >= 4 is 16.8 Å². The van der Waals surface area contributed by atoms with Crippen molar-refractivity contribution in [3.05, 3.63) is 66.7 Å². The minimum atomic E-state index is 0.0247. The number of para-hydroxylation sites is 1. The van der Waals surface area contributed by atoms with E-state index in [0.717, 1.165) is 54.6 Å². The van der Waals surface area contributed by atoms with E-state index in [-0.39, 0.29) is 11.3 Å². The molecule has 7 nitrogen and oxygen atoms in total. The van der Waals surface area contributed by atoms with Crippen LogP contribution in [0.1, 0.15) is 25.0 Å². The molecule has 0 saturated carbocycles. The molecule has 0 bridgehead atoms. The first-order chi connectivity index (χ1) is 15.2. The average molecular weight is 412 g/mol. The molecular formula is C24H24N6O. The highest BCUT2D eigenvalue weighted by atomic mass is 16.2. The van der Waals surface area contributed by atoms with Gasteiger partial charge in [0, 0.05) is 73.2 Å². The molecule has 7 heteroatoms. The van der Waals surface area contributed by atoms with Gasteiger partial charge in [0.1, 0.15) is 0 Å². The van der Waals surface area contributed by atoms with Crippen LogP contribution < -0.4 is 0 Å². The average Bonchev–Trinajstić information content (AvgIpc) is 3.59. The van der Waals surface area contributed by atoms with Gasteiger partial charge in [0.25, 0.3) is 0 Å². The minimum Gasteiger partial charge on any atom is -0.342 e. The molecule has 31 heavy (non-hydrogen) atoms. The fourth-order valence-corrected chi connectivity index (χ4v) is 5.11. The number of carbonyl (C=O) groups excluding carboxylic acids is 1. The highest BCUT2D eigenvalue weighted by Crippen LogP contribution is 2.44. The Balaban J connectivity index is 1.22. The van der Waals surface area contributed by atoms with E-state index < -0.39 is 0 Å². The summed E-state index contributed by atoms with van der Waals surface area (Å²) in [6.45, 7) is 3.14. The van der Waals surface area contributed by atoms with Gasteiger partial charge in [-0.2, -0.15) is 10.2 Å². The molecule has 1 saturated heterocycles. The second-order valence-corrected chi connectivity index (χ2v) is 8.67. The van der Waals surface area contributed by atoms with E-state index >= 15 is 0 Å². The smallest absolute Gasteiger partial charge is 0.224 e. The maximum Gasteiger partial charge on any atom is 0.224 e. The van der Waals surface area contributed by atoms with E-state index in [2.05, 4.69) is 33.0 Å². The van der Waals surface area contributed by atoms with Gasteiger partial charge in [-0.25, -0.2) is 0 Å². The van der Waals surface area contributed by atoms with Crippen LogP contribution in [0.25, 0.3) is 22.2 Å². The van der Waals surface area contributed by atoms with Crippen LogP contribution in [0.15, 0.2) is 61.1 Å². The molecule has 0 N–H and O–H groups in total. The third-order valence-electron chi connectivity index (χ3n) is 6.83. The first-order valence-corrected chi connectivity index (χ1v) is 10.9. The second kappa shape index (κ2) is 7.04. The summed E-state index contributed by atoms with van der Waals surface area (Å²) in [5.74, 6) is 0.212. The van der Waals surface area contributed by atoms with Crippen molar-refractivity contribution < 1.29 is 4.79 Å². The van der Waals surface area contributed by atoms with Gasteiger partial charge in [-0.3, -0.25) is 19.1 Å². The van der Waals surface area contributed by atoms with Crippen LogP contribution in [0.4, 0.5) is 0 Å². The number of rotatable bonds is 4.